The molecule has 0 unspecified atom stereocenters. The summed E-state index contributed by atoms with van der Waals surface area (Å²) in [6.45, 7) is 0.948. The van der Waals surface area contributed by atoms with Gasteiger partial charge in [0.1, 0.15) is 0 Å². The van der Waals surface area contributed by atoms with Crippen molar-refractivity contribution in [2.75, 3.05) is 13.1 Å². The van der Waals surface area contributed by atoms with Gasteiger partial charge in [-0.2, -0.15) is 0 Å². The number of hydrogen-bond donors (Lipinski definition) is 4. The van der Waals surface area contributed by atoms with Crippen LogP contribution in [0.1, 0.15) is 45.8 Å². The summed E-state index contributed by atoms with van der Waals surface area (Å²) in [5, 5.41) is 9.44. The SMILES string of the molecule is NC(=O)[C@@H]1CCCN1[C@@H](CCCN=C(N)N)C(=O)c1nc2ccc(C(=O)O)cc2s1. The fourth-order valence-electron chi connectivity index (χ4n) is 3.71. The number of guanidine groups is 1. The Balaban J connectivity index is 1.88. The summed E-state index contributed by atoms with van der Waals surface area (Å²) in [5.74, 6) is -1.73. The van der Waals surface area contributed by atoms with Crippen LogP contribution in [0.5, 0.6) is 0 Å². The minimum absolute atomic E-state index is 0.0190. The molecule has 1 aliphatic heterocycles. The Morgan fingerprint density at radius 1 is 1.30 bits per heavy atom. The fraction of sp³-hybridized carbons (Fsp3) is 0.421. The third-order valence-corrected chi connectivity index (χ3v) is 6.13. The largest absolute Gasteiger partial charge is 0.478 e. The van der Waals surface area contributed by atoms with Crippen LogP contribution in [0.2, 0.25) is 0 Å². The van der Waals surface area contributed by atoms with E-state index in [0.29, 0.717) is 42.6 Å². The molecule has 10 nitrogen and oxygen atoms in total. The molecule has 7 N–H and O–H groups in total. The molecule has 0 bridgehead atoms. The highest BCUT2D eigenvalue weighted by molar-refractivity contribution is 7.20. The number of Topliss-reactive ketones (excluding diaryl/α,β-unsaturated/α-hetero) is 1. The monoisotopic (exact) mass is 432 g/mol. The van der Waals surface area contributed by atoms with Gasteiger partial charge in [0.05, 0.1) is 27.9 Å². The second-order valence-electron chi connectivity index (χ2n) is 7.13. The van der Waals surface area contributed by atoms with Crippen LogP contribution in [-0.4, -0.2) is 63.8 Å². The Morgan fingerprint density at radius 2 is 2.07 bits per heavy atom. The number of nitrogens with two attached hydrogens (primary N) is 3. The number of likely N-dealkylation sites (tertiary alicyclic amines) is 1. The van der Waals surface area contributed by atoms with Gasteiger partial charge < -0.3 is 22.3 Å². The Bertz CT molecular complexity index is 1000. The van der Waals surface area contributed by atoms with Crippen molar-refractivity contribution in [1.82, 2.24) is 9.88 Å². The third kappa shape index (κ3) is 4.74. The number of aliphatic imine (C=N–C) groups is 1. The second kappa shape index (κ2) is 9.18. The van der Waals surface area contributed by atoms with Crippen LogP contribution >= 0.6 is 11.3 Å². The van der Waals surface area contributed by atoms with Crippen molar-refractivity contribution in [3.63, 3.8) is 0 Å². The van der Waals surface area contributed by atoms with Crippen LogP contribution in [-0.2, 0) is 4.79 Å². The van der Waals surface area contributed by atoms with Crippen molar-refractivity contribution in [2.45, 2.75) is 37.8 Å². The number of aromatic nitrogens is 1. The summed E-state index contributed by atoms with van der Waals surface area (Å²) in [6.07, 6.45) is 2.36. The number of nitrogens with zero attached hydrogens (tertiary/aromatic N) is 3. The van der Waals surface area contributed by atoms with Crippen molar-refractivity contribution in [1.29, 1.82) is 0 Å². The van der Waals surface area contributed by atoms with Crippen molar-refractivity contribution >= 4 is 45.2 Å². The van der Waals surface area contributed by atoms with Gasteiger partial charge in [0.15, 0.2) is 11.0 Å². The van der Waals surface area contributed by atoms with Crippen LogP contribution in [0.4, 0.5) is 0 Å². The zero-order chi connectivity index (χ0) is 21.8. The van der Waals surface area contributed by atoms with Crippen LogP contribution in [0, 0.1) is 0 Å². The number of ketones is 1. The molecule has 160 valence electrons. The first-order valence-electron chi connectivity index (χ1n) is 9.56. The maximum absolute atomic E-state index is 13.4. The van der Waals surface area contributed by atoms with Gasteiger partial charge in [-0.1, -0.05) is 0 Å². The number of benzene rings is 1. The van der Waals surface area contributed by atoms with E-state index in [-0.39, 0.29) is 22.3 Å². The first-order valence-corrected chi connectivity index (χ1v) is 10.4. The second-order valence-corrected chi connectivity index (χ2v) is 8.16. The Morgan fingerprint density at radius 3 is 2.73 bits per heavy atom. The third-order valence-electron chi connectivity index (χ3n) is 5.10. The molecule has 0 spiro atoms. The molecule has 0 radical (unpaired) electrons. The molecular formula is C19H24N6O4S. The smallest absolute Gasteiger partial charge is 0.335 e. The molecule has 2 aromatic rings. The number of amides is 1. The molecule has 3 rings (SSSR count). The number of hydrogen-bond acceptors (Lipinski definition) is 7. The summed E-state index contributed by atoms with van der Waals surface area (Å²) in [6, 6.07) is 3.45. The highest BCUT2D eigenvalue weighted by Gasteiger charge is 2.38. The first kappa shape index (κ1) is 21.7. The zero-order valence-corrected chi connectivity index (χ0v) is 17.1. The van der Waals surface area contributed by atoms with Crippen molar-refractivity contribution in [3.05, 3.63) is 28.8 Å². The summed E-state index contributed by atoms with van der Waals surface area (Å²) in [5.41, 5.74) is 17.0. The number of rotatable bonds is 9. The van der Waals surface area contributed by atoms with Gasteiger partial charge >= 0.3 is 5.97 Å². The van der Waals surface area contributed by atoms with Gasteiger partial charge in [0.2, 0.25) is 11.7 Å². The molecule has 1 saturated heterocycles. The van der Waals surface area contributed by atoms with E-state index in [9.17, 15) is 19.5 Å². The lowest BCUT2D eigenvalue weighted by atomic mass is 10.0. The fourth-order valence-corrected chi connectivity index (χ4v) is 4.71. The Kier molecular flexibility index (Phi) is 6.63. The normalized spacial score (nSPS) is 17.7. The molecule has 30 heavy (non-hydrogen) atoms. The van der Waals surface area contributed by atoms with Gasteiger partial charge in [-0.3, -0.25) is 19.5 Å². The van der Waals surface area contributed by atoms with Gasteiger partial charge in [-0.25, -0.2) is 9.78 Å². The highest BCUT2D eigenvalue weighted by atomic mass is 32.1. The summed E-state index contributed by atoms with van der Waals surface area (Å²) >= 11 is 1.14. The minimum atomic E-state index is -1.04. The maximum atomic E-state index is 13.4. The number of fused-ring (bicyclic) bond motifs is 1. The number of primary amides is 1. The van der Waals surface area contributed by atoms with Gasteiger partial charge in [0.25, 0.3) is 0 Å². The number of carboxylic acids is 1. The average molecular weight is 433 g/mol. The topological polar surface area (TPSA) is 178 Å². The number of carbonyl (C=O) groups is 3. The lowest BCUT2D eigenvalue weighted by molar-refractivity contribution is -0.122. The van der Waals surface area contributed by atoms with Gasteiger partial charge in [0, 0.05) is 6.54 Å². The molecule has 0 aliphatic carbocycles. The number of carboxylic acid groups (broad SMARTS) is 1. The van der Waals surface area contributed by atoms with Crippen molar-refractivity contribution in [3.8, 4) is 0 Å². The van der Waals surface area contributed by atoms with Crippen LogP contribution in [0.15, 0.2) is 23.2 Å². The molecule has 1 fully saturated rings. The summed E-state index contributed by atoms with van der Waals surface area (Å²) < 4.78 is 0.616. The molecule has 1 amide bonds. The average Bonchev–Trinajstić information content (AvgIpc) is 3.33. The van der Waals surface area contributed by atoms with E-state index in [4.69, 9.17) is 17.2 Å². The lowest BCUT2D eigenvalue weighted by Gasteiger charge is -2.30. The van der Waals surface area contributed by atoms with E-state index >= 15 is 0 Å². The standard InChI is InChI=1S/C19H24N6O4S/c20-16(27)13-4-2-8-25(13)12(3-1-7-23-19(21)22)15(26)17-24-11-6-5-10(18(28)29)9-14(11)30-17/h5-6,9,12-13H,1-4,7-8H2,(H2,20,27)(H,28,29)(H4,21,22,23)/t12-,13-/m0/s1. The lowest BCUT2D eigenvalue weighted by Crippen LogP contribution is -2.49. The molecule has 1 aromatic carbocycles. The molecule has 0 saturated carbocycles. The van der Waals surface area contributed by atoms with Crippen LogP contribution < -0.4 is 17.2 Å². The van der Waals surface area contributed by atoms with E-state index < -0.39 is 24.0 Å². The van der Waals surface area contributed by atoms with Crippen LogP contribution in [0.25, 0.3) is 10.2 Å². The molecule has 1 aliphatic rings. The van der Waals surface area contributed by atoms with Crippen LogP contribution in [0.3, 0.4) is 0 Å². The first-order chi connectivity index (χ1) is 14.3. The molecule has 1 aromatic heterocycles. The maximum Gasteiger partial charge on any atom is 0.335 e. The van der Waals surface area contributed by atoms with E-state index in [1.165, 1.54) is 12.1 Å². The predicted octanol–water partition coefficient (Wildman–Crippen LogP) is 0.549. The predicted molar refractivity (Wildman–Crippen MR) is 114 cm³/mol. The summed E-state index contributed by atoms with van der Waals surface area (Å²) in [4.78, 5) is 46.6. The van der Waals surface area contributed by atoms with E-state index in [2.05, 4.69) is 9.98 Å². The molecule has 2 atom stereocenters. The van der Waals surface area contributed by atoms with Gasteiger partial charge in [-0.15, -0.1) is 11.3 Å². The summed E-state index contributed by atoms with van der Waals surface area (Å²) in [7, 11) is 0. The Hall–Kier alpha value is -3.05. The number of aromatic carboxylic acids is 1. The number of carbonyl (C=O) groups excluding carboxylic acids is 2. The molecular weight excluding hydrogens is 408 g/mol. The highest BCUT2D eigenvalue weighted by Crippen LogP contribution is 2.29. The minimum Gasteiger partial charge on any atom is -0.478 e. The van der Waals surface area contributed by atoms with Crippen molar-refractivity contribution < 1.29 is 19.5 Å². The van der Waals surface area contributed by atoms with E-state index in [1.807, 2.05) is 4.90 Å². The number of thiazole rings is 1. The van der Waals surface area contributed by atoms with Gasteiger partial charge in [-0.05, 0) is 50.4 Å². The zero-order valence-electron chi connectivity index (χ0n) is 16.3. The Labute approximate surface area is 176 Å². The van der Waals surface area contributed by atoms with Crippen molar-refractivity contribution in [2.24, 2.45) is 22.2 Å². The van der Waals surface area contributed by atoms with E-state index in [1.54, 1.807) is 6.07 Å². The molecule has 11 heteroatoms. The quantitative estimate of drug-likeness (QED) is 0.192. The van der Waals surface area contributed by atoms with E-state index in [0.717, 1.165) is 17.8 Å². The molecule has 2 heterocycles.